The van der Waals surface area contributed by atoms with E-state index in [9.17, 15) is 4.79 Å². The standard InChI is InChI=1S/C22H23Cl2N3O3S/c1-3-27-21(5-4-12-30-20-11-8-16(23)13-18(20)24)25-26-22(27)31-14-19(28)15-6-9-17(29-2)10-7-15/h6-11,13H,3-5,12,14H2,1-2H3. The number of ketones is 1. The second-order valence-electron chi connectivity index (χ2n) is 6.61. The normalized spacial score (nSPS) is 10.8. The van der Waals surface area contributed by atoms with Gasteiger partial charge in [-0.25, -0.2) is 0 Å². The minimum atomic E-state index is 0.0353. The molecule has 164 valence electrons. The van der Waals surface area contributed by atoms with Crippen LogP contribution in [0.1, 0.15) is 29.5 Å². The summed E-state index contributed by atoms with van der Waals surface area (Å²) < 4.78 is 12.9. The number of carbonyl (C=O) groups excluding carboxylic acids is 1. The molecule has 1 heterocycles. The fourth-order valence-electron chi connectivity index (χ4n) is 2.92. The second-order valence-corrected chi connectivity index (χ2v) is 8.40. The fourth-order valence-corrected chi connectivity index (χ4v) is 4.30. The van der Waals surface area contributed by atoms with Crippen molar-refractivity contribution in [2.45, 2.75) is 31.5 Å². The molecule has 3 rings (SSSR count). The van der Waals surface area contributed by atoms with E-state index in [1.54, 1.807) is 49.6 Å². The Morgan fingerprint density at radius 1 is 1.13 bits per heavy atom. The molecule has 0 saturated carbocycles. The number of hydrogen-bond acceptors (Lipinski definition) is 6. The number of rotatable bonds is 11. The number of halogens is 2. The molecule has 1 aromatic heterocycles. The third kappa shape index (κ3) is 6.38. The van der Waals surface area contributed by atoms with Gasteiger partial charge in [0, 0.05) is 23.6 Å². The van der Waals surface area contributed by atoms with Crippen LogP contribution in [-0.4, -0.2) is 40.0 Å². The predicted octanol–water partition coefficient (Wildman–Crippen LogP) is 5.60. The van der Waals surface area contributed by atoms with Crippen molar-refractivity contribution in [3.05, 3.63) is 63.9 Å². The molecule has 0 radical (unpaired) electrons. The molecule has 0 bridgehead atoms. The monoisotopic (exact) mass is 479 g/mol. The molecular formula is C22H23Cl2N3O3S. The van der Waals surface area contributed by atoms with Crippen molar-refractivity contribution in [1.29, 1.82) is 0 Å². The van der Waals surface area contributed by atoms with Crippen LogP contribution in [0.2, 0.25) is 10.0 Å². The van der Waals surface area contributed by atoms with Crippen LogP contribution in [0.4, 0.5) is 0 Å². The van der Waals surface area contributed by atoms with Gasteiger partial charge in [0.2, 0.25) is 0 Å². The van der Waals surface area contributed by atoms with E-state index in [4.69, 9.17) is 32.7 Å². The lowest BCUT2D eigenvalue weighted by Crippen LogP contribution is -2.08. The lowest BCUT2D eigenvalue weighted by atomic mass is 10.1. The zero-order valence-electron chi connectivity index (χ0n) is 17.3. The Morgan fingerprint density at radius 2 is 1.90 bits per heavy atom. The first-order valence-corrected chi connectivity index (χ1v) is 11.6. The third-order valence-electron chi connectivity index (χ3n) is 4.55. The van der Waals surface area contributed by atoms with Crippen LogP contribution < -0.4 is 9.47 Å². The minimum absolute atomic E-state index is 0.0353. The van der Waals surface area contributed by atoms with Gasteiger partial charge in [0.15, 0.2) is 10.9 Å². The summed E-state index contributed by atoms with van der Waals surface area (Å²) in [5, 5.41) is 10.4. The number of benzene rings is 2. The molecule has 0 amide bonds. The number of nitrogens with zero attached hydrogens (tertiary/aromatic N) is 3. The summed E-state index contributed by atoms with van der Waals surface area (Å²) in [6.07, 6.45) is 1.46. The van der Waals surface area contributed by atoms with Gasteiger partial charge in [-0.05, 0) is 55.8 Å². The van der Waals surface area contributed by atoms with Gasteiger partial charge >= 0.3 is 0 Å². The Balaban J connectivity index is 1.51. The zero-order valence-corrected chi connectivity index (χ0v) is 19.6. The smallest absolute Gasteiger partial charge is 0.191 e. The lowest BCUT2D eigenvalue weighted by Gasteiger charge is -2.09. The van der Waals surface area contributed by atoms with Crippen molar-refractivity contribution in [3.63, 3.8) is 0 Å². The summed E-state index contributed by atoms with van der Waals surface area (Å²) in [7, 11) is 1.60. The zero-order chi connectivity index (χ0) is 22.2. The third-order valence-corrected chi connectivity index (χ3v) is 6.05. The molecule has 0 spiro atoms. The first kappa shape index (κ1) is 23.4. The topological polar surface area (TPSA) is 66.2 Å². The molecule has 0 N–H and O–H groups in total. The Labute approximate surface area is 195 Å². The van der Waals surface area contributed by atoms with E-state index in [0.29, 0.717) is 40.1 Å². The van der Waals surface area contributed by atoms with Crippen molar-refractivity contribution in [2.75, 3.05) is 19.5 Å². The summed E-state index contributed by atoms with van der Waals surface area (Å²) in [5.74, 6) is 2.53. The summed E-state index contributed by atoms with van der Waals surface area (Å²) in [5.41, 5.74) is 0.647. The molecule has 0 aliphatic rings. The van der Waals surface area contributed by atoms with Crippen LogP contribution in [0.15, 0.2) is 47.6 Å². The van der Waals surface area contributed by atoms with Gasteiger partial charge in [0.05, 0.1) is 24.5 Å². The highest BCUT2D eigenvalue weighted by Crippen LogP contribution is 2.27. The molecule has 0 saturated heterocycles. The van der Waals surface area contributed by atoms with Gasteiger partial charge in [0.25, 0.3) is 0 Å². The van der Waals surface area contributed by atoms with Gasteiger partial charge in [-0.15, -0.1) is 10.2 Å². The van der Waals surface area contributed by atoms with Crippen LogP contribution in [-0.2, 0) is 13.0 Å². The maximum atomic E-state index is 12.5. The van der Waals surface area contributed by atoms with Gasteiger partial charge in [0.1, 0.15) is 17.3 Å². The van der Waals surface area contributed by atoms with E-state index >= 15 is 0 Å². The highest BCUT2D eigenvalue weighted by Gasteiger charge is 2.14. The predicted molar refractivity (Wildman–Crippen MR) is 124 cm³/mol. The number of aryl methyl sites for hydroxylation is 1. The van der Waals surface area contributed by atoms with Crippen LogP contribution in [0.3, 0.4) is 0 Å². The quantitative estimate of drug-likeness (QED) is 0.202. The van der Waals surface area contributed by atoms with Gasteiger partial charge < -0.3 is 14.0 Å². The number of ether oxygens (including phenoxy) is 2. The second kappa shape index (κ2) is 11.4. The number of aromatic nitrogens is 3. The molecule has 31 heavy (non-hydrogen) atoms. The molecule has 3 aromatic rings. The molecule has 6 nitrogen and oxygen atoms in total. The molecule has 0 fully saturated rings. The van der Waals surface area contributed by atoms with Gasteiger partial charge in [-0.3, -0.25) is 4.79 Å². The number of Topliss-reactive ketones (excluding diaryl/α,β-unsaturated/α-hetero) is 1. The maximum Gasteiger partial charge on any atom is 0.191 e. The van der Waals surface area contributed by atoms with Crippen LogP contribution in [0, 0.1) is 0 Å². The summed E-state index contributed by atoms with van der Waals surface area (Å²) in [6.45, 7) is 3.26. The lowest BCUT2D eigenvalue weighted by molar-refractivity contribution is 0.102. The average Bonchev–Trinajstić information content (AvgIpc) is 3.18. The molecular weight excluding hydrogens is 457 g/mol. The minimum Gasteiger partial charge on any atom is -0.497 e. The molecule has 0 unspecified atom stereocenters. The van der Waals surface area contributed by atoms with Crippen molar-refractivity contribution < 1.29 is 14.3 Å². The van der Waals surface area contributed by atoms with Gasteiger partial charge in [-0.2, -0.15) is 0 Å². The Bertz CT molecular complexity index is 1030. The first-order valence-electron chi connectivity index (χ1n) is 9.81. The molecule has 2 aromatic carbocycles. The Hall–Kier alpha value is -2.22. The van der Waals surface area contributed by atoms with E-state index in [1.165, 1.54) is 11.8 Å². The van der Waals surface area contributed by atoms with Crippen LogP contribution >= 0.6 is 35.0 Å². The molecule has 9 heteroatoms. The Morgan fingerprint density at radius 3 is 2.58 bits per heavy atom. The molecule has 0 atom stereocenters. The fraction of sp³-hybridized carbons (Fsp3) is 0.318. The van der Waals surface area contributed by atoms with E-state index in [1.807, 2.05) is 11.5 Å². The number of carbonyl (C=O) groups is 1. The summed E-state index contributed by atoms with van der Waals surface area (Å²) in [4.78, 5) is 12.5. The number of methoxy groups -OCH3 is 1. The molecule has 0 aliphatic heterocycles. The van der Waals surface area contributed by atoms with Crippen molar-refractivity contribution in [1.82, 2.24) is 14.8 Å². The molecule has 0 aliphatic carbocycles. The SMILES string of the molecule is CCn1c(CCCOc2ccc(Cl)cc2Cl)nnc1SCC(=O)c1ccc(OC)cc1. The van der Waals surface area contributed by atoms with Crippen molar-refractivity contribution in [3.8, 4) is 11.5 Å². The van der Waals surface area contributed by atoms with Crippen LogP contribution in [0.25, 0.3) is 0 Å². The maximum absolute atomic E-state index is 12.5. The van der Waals surface area contributed by atoms with Crippen LogP contribution in [0.5, 0.6) is 11.5 Å². The van der Waals surface area contributed by atoms with Crippen molar-refractivity contribution >= 4 is 40.7 Å². The highest BCUT2D eigenvalue weighted by molar-refractivity contribution is 7.99. The van der Waals surface area contributed by atoms with E-state index in [2.05, 4.69) is 10.2 Å². The van der Waals surface area contributed by atoms with Crippen molar-refractivity contribution in [2.24, 2.45) is 0 Å². The van der Waals surface area contributed by atoms with E-state index < -0.39 is 0 Å². The van der Waals surface area contributed by atoms with E-state index in [0.717, 1.165) is 29.7 Å². The number of hydrogen-bond donors (Lipinski definition) is 0. The Kier molecular flexibility index (Phi) is 8.63. The average molecular weight is 480 g/mol. The highest BCUT2D eigenvalue weighted by atomic mass is 35.5. The largest absolute Gasteiger partial charge is 0.497 e. The first-order chi connectivity index (χ1) is 15.0. The summed E-state index contributed by atoms with van der Waals surface area (Å²) >= 11 is 13.4. The van der Waals surface area contributed by atoms with E-state index in [-0.39, 0.29) is 5.78 Å². The van der Waals surface area contributed by atoms with Gasteiger partial charge in [-0.1, -0.05) is 35.0 Å². The summed E-state index contributed by atoms with van der Waals surface area (Å²) in [6, 6.07) is 12.3. The number of thioether (sulfide) groups is 1.